The maximum atomic E-state index is 12.4. The molecule has 0 bridgehead atoms. The minimum absolute atomic E-state index is 0.205. The molecule has 8 heteroatoms. The second-order valence-electron chi connectivity index (χ2n) is 7.00. The van der Waals surface area contributed by atoms with Crippen LogP contribution in [0.2, 0.25) is 0 Å². The van der Waals surface area contributed by atoms with Gasteiger partial charge in [0.1, 0.15) is 16.8 Å². The highest BCUT2D eigenvalue weighted by Gasteiger charge is 2.32. The molecule has 1 rings (SSSR count). The van der Waals surface area contributed by atoms with Crippen molar-refractivity contribution >= 4 is 11.9 Å². The molecule has 134 valence electrons. The van der Waals surface area contributed by atoms with Crippen molar-refractivity contribution in [1.82, 2.24) is 0 Å². The van der Waals surface area contributed by atoms with Crippen LogP contribution in [0.3, 0.4) is 0 Å². The summed E-state index contributed by atoms with van der Waals surface area (Å²) in [5.41, 5.74) is -2.31. The minimum Gasteiger partial charge on any atom is -0.456 e. The van der Waals surface area contributed by atoms with Crippen LogP contribution in [0, 0.1) is 0 Å². The summed E-state index contributed by atoms with van der Waals surface area (Å²) in [6, 6.07) is 2.33. The predicted molar refractivity (Wildman–Crippen MR) is 83.3 cm³/mol. The lowest BCUT2D eigenvalue weighted by Crippen LogP contribution is -2.28. The number of rotatable bonds is 4. The second-order valence-corrected chi connectivity index (χ2v) is 7.00. The molecule has 0 aliphatic heterocycles. The third-order valence-electron chi connectivity index (χ3n) is 2.53. The Labute approximate surface area is 139 Å². The lowest BCUT2D eigenvalue weighted by molar-refractivity contribution is -0.164. The molecule has 24 heavy (non-hydrogen) atoms. The van der Waals surface area contributed by atoms with E-state index in [9.17, 15) is 9.59 Å². The van der Waals surface area contributed by atoms with Gasteiger partial charge >= 0.3 is 11.9 Å². The molecule has 0 aliphatic carbocycles. The van der Waals surface area contributed by atoms with Crippen molar-refractivity contribution in [2.45, 2.75) is 52.7 Å². The zero-order valence-electron chi connectivity index (χ0n) is 14.5. The quantitative estimate of drug-likeness (QED) is 0.487. The molecule has 1 aromatic carbocycles. The lowest BCUT2D eigenvalue weighted by atomic mass is 10.0. The maximum Gasteiger partial charge on any atom is 0.343 e. The van der Waals surface area contributed by atoms with Crippen molar-refractivity contribution in [2.24, 2.45) is 0 Å². The molecule has 0 amide bonds. The van der Waals surface area contributed by atoms with E-state index in [1.54, 1.807) is 41.5 Å². The number of hydrogen-bond acceptors (Lipinski definition) is 8. The fourth-order valence-electron chi connectivity index (χ4n) is 1.76. The van der Waals surface area contributed by atoms with Crippen LogP contribution in [0.25, 0.3) is 0 Å². The van der Waals surface area contributed by atoms with Crippen molar-refractivity contribution in [3.05, 3.63) is 23.3 Å². The Morgan fingerprint density at radius 3 is 1.75 bits per heavy atom. The molecule has 0 spiro atoms. The number of esters is 2. The molecule has 0 saturated carbocycles. The van der Waals surface area contributed by atoms with Gasteiger partial charge in [-0.25, -0.2) is 20.1 Å². The molecule has 0 aromatic heterocycles. The summed E-state index contributed by atoms with van der Waals surface area (Å²) >= 11 is 0. The number of benzene rings is 1. The molecule has 0 radical (unpaired) electrons. The standard InChI is InChI=1S/C16H22O8/c1-15(2,3)21-13(17)9-7-8-10(23-19)12(24-20)11(9)14(18)22-16(4,5)6/h7-8,19-20H,1-6H3. The van der Waals surface area contributed by atoms with Crippen molar-refractivity contribution in [3.63, 3.8) is 0 Å². The first-order valence-electron chi connectivity index (χ1n) is 7.16. The summed E-state index contributed by atoms with van der Waals surface area (Å²) in [5.74, 6) is -2.71. The summed E-state index contributed by atoms with van der Waals surface area (Å²) in [4.78, 5) is 33.0. The number of carbonyl (C=O) groups excluding carboxylic acids is 2. The fourth-order valence-corrected chi connectivity index (χ4v) is 1.76. The highest BCUT2D eigenvalue weighted by Crippen LogP contribution is 2.35. The summed E-state index contributed by atoms with van der Waals surface area (Å²) in [7, 11) is 0. The molecular formula is C16H22O8. The molecule has 0 aliphatic rings. The van der Waals surface area contributed by atoms with Crippen molar-refractivity contribution < 1.29 is 39.4 Å². The van der Waals surface area contributed by atoms with Gasteiger partial charge in [0, 0.05) is 0 Å². The van der Waals surface area contributed by atoms with E-state index in [1.807, 2.05) is 0 Å². The van der Waals surface area contributed by atoms with E-state index >= 15 is 0 Å². The van der Waals surface area contributed by atoms with E-state index in [4.69, 9.17) is 20.0 Å². The van der Waals surface area contributed by atoms with Crippen molar-refractivity contribution in [1.29, 1.82) is 0 Å². The van der Waals surface area contributed by atoms with E-state index < -0.39 is 34.5 Å². The third-order valence-corrected chi connectivity index (χ3v) is 2.53. The first kappa shape index (κ1) is 19.7. The van der Waals surface area contributed by atoms with Crippen molar-refractivity contribution in [2.75, 3.05) is 0 Å². The summed E-state index contributed by atoms with van der Waals surface area (Å²) in [5, 5.41) is 17.9. The van der Waals surface area contributed by atoms with Crippen LogP contribution in [-0.2, 0) is 9.47 Å². The normalized spacial score (nSPS) is 11.7. The Morgan fingerprint density at radius 1 is 0.833 bits per heavy atom. The fraction of sp³-hybridized carbons (Fsp3) is 0.500. The van der Waals surface area contributed by atoms with Crippen LogP contribution in [-0.4, -0.2) is 33.7 Å². The van der Waals surface area contributed by atoms with Crippen LogP contribution in [0.1, 0.15) is 62.3 Å². The van der Waals surface area contributed by atoms with E-state index in [0.29, 0.717) is 0 Å². The van der Waals surface area contributed by atoms with Gasteiger partial charge in [-0.3, -0.25) is 0 Å². The highest BCUT2D eigenvalue weighted by molar-refractivity contribution is 6.06. The van der Waals surface area contributed by atoms with E-state index in [-0.39, 0.29) is 11.3 Å². The van der Waals surface area contributed by atoms with Gasteiger partial charge in [-0.2, -0.15) is 0 Å². The van der Waals surface area contributed by atoms with Gasteiger partial charge in [0.05, 0.1) is 5.56 Å². The zero-order valence-corrected chi connectivity index (χ0v) is 14.5. The van der Waals surface area contributed by atoms with Gasteiger partial charge < -0.3 is 19.2 Å². The largest absolute Gasteiger partial charge is 0.456 e. The van der Waals surface area contributed by atoms with Crippen LogP contribution < -0.4 is 9.78 Å². The number of hydrogen-bond donors (Lipinski definition) is 2. The summed E-state index contributed by atoms with van der Waals surface area (Å²) in [6.07, 6.45) is 0. The number of ether oxygens (including phenoxy) is 2. The summed E-state index contributed by atoms with van der Waals surface area (Å²) < 4.78 is 10.4. The van der Waals surface area contributed by atoms with Gasteiger partial charge in [0.15, 0.2) is 0 Å². The van der Waals surface area contributed by atoms with Crippen LogP contribution in [0.15, 0.2) is 12.1 Å². The van der Waals surface area contributed by atoms with Crippen LogP contribution in [0.4, 0.5) is 0 Å². The lowest BCUT2D eigenvalue weighted by Gasteiger charge is -2.23. The molecular weight excluding hydrogens is 320 g/mol. The number of carbonyl (C=O) groups is 2. The predicted octanol–water partition coefficient (Wildman–Crippen LogP) is 3.30. The molecule has 2 N–H and O–H groups in total. The molecule has 0 fully saturated rings. The average molecular weight is 342 g/mol. The molecule has 0 heterocycles. The average Bonchev–Trinajstić information content (AvgIpc) is 2.41. The Balaban J connectivity index is 3.48. The highest BCUT2D eigenvalue weighted by atomic mass is 17.1. The first-order chi connectivity index (χ1) is 10.9. The third kappa shape index (κ3) is 5.10. The van der Waals surface area contributed by atoms with Crippen molar-refractivity contribution in [3.8, 4) is 11.5 Å². The molecule has 0 unspecified atom stereocenters. The molecule has 0 saturated heterocycles. The van der Waals surface area contributed by atoms with Gasteiger partial charge in [-0.15, -0.1) is 0 Å². The van der Waals surface area contributed by atoms with E-state index in [2.05, 4.69) is 9.78 Å². The molecule has 0 atom stereocenters. The van der Waals surface area contributed by atoms with Gasteiger partial charge in [0.2, 0.25) is 11.5 Å². The molecule has 8 nitrogen and oxygen atoms in total. The summed E-state index contributed by atoms with van der Waals surface area (Å²) in [6.45, 7) is 9.86. The van der Waals surface area contributed by atoms with E-state index in [1.165, 1.54) is 6.07 Å². The first-order valence-corrected chi connectivity index (χ1v) is 7.16. The SMILES string of the molecule is CC(C)(C)OC(=O)c1ccc(OO)c(OO)c1C(=O)OC(C)(C)C. The van der Waals surface area contributed by atoms with Gasteiger partial charge in [-0.05, 0) is 53.7 Å². The Morgan fingerprint density at radius 2 is 1.33 bits per heavy atom. The van der Waals surface area contributed by atoms with Gasteiger partial charge in [-0.1, -0.05) is 0 Å². The molecule has 1 aromatic rings. The second kappa shape index (κ2) is 7.06. The minimum atomic E-state index is -0.952. The van der Waals surface area contributed by atoms with Gasteiger partial charge in [0.25, 0.3) is 0 Å². The Hall–Kier alpha value is -2.32. The maximum absolute atomic E-state index is 12.4. The topological polar surface area (TPSA) is 112 Å². The monoisotopic (exact) mass is 342 g/mol. The van der Waals surface area contributed by atoms with Crippen LogP contribution in [0.5, 0.6) is 11.5 Å². The van der Waals surface area contributed by atoms with E-state index in [0.717, 1.165) is 6.07 Å². The Bertz CT molecular complexity index is 622. The smallest absolute Gasteiger partial charge is 0.343 e. The van der Waals surface area contributed by atoms with Crippen LogP contribution >= 0.6 is 0 Å². The zero-order chi connectivity index (χ0) is 18.7. The Kier molecular flexibility index (Phi) is 5.80.